The molecule has 5 heteroatoms. The van der Waals surface area contributed by atoms with E-state index in [0.29, 0.717) is 24.9 Å². The lowest BCUT2D eigenvalue weighted by atomic mass is 9.93. The van der Waals surface area contributed by atoms with Crippen LogP contribution in [-0.4, -0.2) is 30.4 Å². The van der Waals surface area contributed by atoms with Crippen LogP contribution in [0.2, 0.25) is 0 Å². The zero-order valence-electron chi connectivity index (χ0n) is 9.33. The van der Waals surface area contributed by atoms with Crippen molar-refractivity contribution >= 4 is 0 Å². The van der Waals surface area contributed by atoms with Crippen molar-refractivity contribution in [2.45, 2.75) is 25.1 Å². The van der Waals surface area contributed by atoms with Crippen LogP contribution in [0.1, 0.15) is 12.0 Å². The molecule has 1 aromatic rings. The average molecular weight is 243 g/mol. The van der Waals surface area contributed by atoms with Crippen molar-refractivity contribution < 1.29 is 18.6 Å². The average Bonchev–Trinajstić information content (AvgIpc) is 2.67. The monoisotopic (exact) mass is 243 g/mol. The Morgan fingerprint density at radius 3 is 2.82 bits per heavy atom. The van der Waals surface area contributed by atoms with E-state index in [1.165, 1.54) is 6.07 Å². The first kappa shape index (κ1) is 12.3. The van der Waals surface area contributed by atoms with Crippen LogP contribution in [0.15, 0.2) is 24.3 Å². The van der Waals surface area contributed by atoms with E-state index in [0.717, 1.165) is 6.54 Å². The molecule has 1 aliphatic heterocycles. The van der Waals surface area contributed by atoms with Gasteiger partial charge < -0.3 is 15.2 Å². The summed E-state index contributed by atoms with van der Waals surface area (Å²) in [7, 11) is 0. The third-order valence-corrected chi connectivity index (χ3v) is 2.93. The summed E-state index contributed by atoms with van der Waals surface area (Å²) in [4.78, 5) is 0. The van der Waals surface area contributed by atoms with Gasteiger partial charge in [0.15, 0.2) is 0 Å². The normalized spacial score (nSPS) is 24.2. The first-order valence-electron chi connectivity index (χ1n) is 5.55. The molecule has 2 rings (SSSR count). The highest BCUT2D eigenvalue weighted by Crippen LogP contribution is 2.27. The Balaban J connectivity index is 2.14. The molecule has 1 unspecified atom stereocenters. The van der Waals surface area contributed by atoms with E-state index < -0.39 is 12.2 Å². The molecular formula is C12H15F2NO2. The zero-order valence-corrected chi connectivity index (χ0v) is 9.33. The minimum Gasteiger partial charge on any atom is -0.435 e. The van der Waals surface area contributed by atoms with Crippen molar-refractivity contribution in [1.29, 1.82) is 0 Å². The Bertz CT molecular complexity index is 379. The molecule has 0 spiro atoms. The number of ether oxygens (including phenoxy) is 1. The van der Waals surface area contributed by atoms with E-state index >= 15 is 0 Å². The lowest BCUT2D eigenvalue weighted by Crippen LogP contribution is -2.34. The van der Waals surface area contributed by atoms with Crippen LogP contribution < -0.4 is 10.1 Å². The van der Waals surface area contributed by atoms with E-state index in [-0.39, 0.29) is 5.75 Å². The van der Waals surface area contributed by atoms with Gasteiger partial charge in [-0.25, -0.2) is 0 Å². The minimum absolute atomic E-state index is 0.142. The number of rotatable bonds is 4. The van der Waals surface area contributed by atoms with Gasteiger partial charge in [-0.3, -0.25) is 0 Å². The Morgan fingerprint density at radius 2 is 2.18 bits per heavy atom. The van der Waals surface area contributed by atoms with Gasteiger partial charge in [-0.05, 0) is 24.6 Å². The fourth-order valence-electron chi connectivity index (χ4n) is 2.10. The smallest absolute Gasteiger partial charge is 0.387 e. The number of nitrogens with one attached hydrogen (secondary N) is 1. The summed E-state index contributed by atoms with van der Waals surface area (Å²) in [5.74, 6) is 0.142. The van der Waals surface area contributed by atoms with Gasteiger partial charge in [0, 0.05) is 13.0 Å². The van der Waals surface area contributed by atoms with E-state index in [1.54, 1.807) is 18.2 Å². The second-order valence-electron chi connectivity index (χ2n) is 4.31. The molecule has 0 aromatic heterocycles. The maximum absolute atomic E-state index is 12.2. The van der Waals surface area contributed by atoms with E-state index in [4.69, 9.17) is 0 Å². The molecule has 0 amide bonds. The number of benzene rings is 1. The summed E-state index contributed by atoms with van der Waals surface area (Å²) < 4.78 is 28.9. The van der Waals surface area contributed by atoms with Crippen LogP contribution in [0.25, 0.3) is 0 Å². The van der Waals surface area contributed by atoms with Gasteiger partial charge in [0.2, 0.25) is 0 Å². The molecule has 1 atom stereocenters. The summed E-state index contributed by atoms with van der Waals surface area (Å²) in [5, 5.41) is 13.3. The third kappa shape index (κ3) is 3.14. The Labute approximate surface area is 98.4 Å². The van der Waals surface area contributed by atoms with E-state index in [2.05, 4.69) is 10.1 Å². The maximum Gasteiger partial charge on any atom is 0.387 e. The lowest BCUT2D eigenvalue weighted by molar-refractivity contribution is -0.0512. The van der Waals surface area contributed by atoms with Crippen LogP contribution in [-0.2, 0) is 6.42 Å². The van der Waals surface area contributed by atoms with Gasteiger partial charge in [0.05, 0.1) is 5.60 Å². The van der Waals surface area contributed by atoms with E-state index in [9.17, 15) is 13.9 Å². The molecule has 94 valence electrons. The zero-order chi connectivity index (χ0) is 12.3. The molecule has 1 aromatic carbocycles. The summed E-state index contributed by atoms with van der Waals surface area (Å²) >= 11 is 0. The molecule has 1 aliphatic rings. The number of hydrogen-bond acceptors (Lipinski definition) is 3. The number of halogens is 2. The van der Waals surface area contributed by atoms with Crippen LogP contribution >= 0.6 is 0 Å². The highest BCUT2D eigenvalue weighted by molar-refractivity contribution is 5.34. The lowest BCUT2D eigenvalue weighted by Gasteiger charge is -2.22. The number of hydrogen-bond donors (Lipinski definition) is 2. The van der Waals surface area contributed by atoms with Crippen LogP contribution in [0.3, 0.4) is 0 Å². The molecule has 0 bridgehead atoms. The first-order valence-corrected chi connectivity index (χ1v) is 5.55. The number of para-hydroxylation sites is 1. The second kappa shape index (κ2) is 4.98. The number of aliphatic hydroxyl groups is 1. The van der Waals surface area contributed by atoms with Gasteiger partial charge in [0.1, 0.15) is 5.75 Å². The number of β-amino-alcohol motifs (C(OH)–C–C–N with tert-alkyl or cyclic N) is 1. The quantitative estimate of drug-likeness (QED) is 0.843. The van der Waals surface area contributed by atoms with Gasteiger partial charge in [-0.2, -0.15) is 8.78 Å². The molecular weight excluding hydrogens is 228 g/mol. The summed E-state index contributed by atoms with van der Waals surface area (Å²) in [6.45, 7) is -1.61. The standard InChI is InChI=1S/C12H15F2NO2/c13-11(14)17-10-4-2-1-3-9(10)7-12(16)5-6-15-8-12/h1-4,11,15-16H,5-8H2. The molecule has 1 heterocycles. The molecule has 0 radical (unpaired) electrons. The first-order chi connectivity index (χ1) is 8.09. The molecule has 17 heavy (non-hydrogen) atoms. The minimum atomic E-state index is -2.84. The third-order valence-electron chi connectivity index (χ3n) is 2.93. The number of alkyl halides is 2. The van der Waals surface area contributed by atoms with Crippen LogP contribution in [0.5, 0.6) is 5.75 Å². The largest absolute Gasteiger partial charge is 0.435 e. The van der Waals surface area contributed by atoms with Crippen molar-refractivity contribution in [3.05, 3.63) is 29.8 Å². The van der Waals surface area contributed by atoms with Crippen molar-refractivity contribution in [2.24, 2.45) is 0 Å². The second-order valence-corrected chi connectivity index (χ2v) is 4.31. The van der Waals surface area contributed by atoms with Crippen LogP contribution in [0, 0.1) is 0 Å². The topological polar surface area (TPSA) is 41.5 Å². The predicted octanol–water partition coefficient (Wildman–Crippen LogP) is 1.55. The highest BCUT2D eigenvalue weighted by Gasteiger charge is 2.32. The van der Waals surface area contributed by atoms with Crippen LogP contribution in [0.4, 0.5) is 8.78 Å². The van der Waals surface area contributed by atoms with Crippen molar-refractivity contribution in [1.82, 2.24) is 5.32 Å². The molecule has 2 N–H and O–H groups in total. The van der Waals surface area contributed by atoms with Gasteiger partial charge in [-0.15, -0.1) is 0 Å². The summed E-state index contributed by atoms with van der Waals surface area (Å²) in [6.07, 6.45) is 0.943. The molecule has 3 nitrogen and oxygen atoms in total. The van der Waals surface area contributed by atoms with Crippen molar-refractivity contribution in [3.63, 3.8) is 0 Å². The van der Waals surface area contributed by atoms with E-state index in [1.807, 2.05) is 0 Å². The Morgan fingerprint density at radius 1 is 1.41 bits per heavy atom. The van der Waals surface area contributed by atoms with Crippen molar-refractivity contribution in [2.75, 3.05) is 13.1 Å². The molecule has 0 aliphatic carbocycles. The summed E-state index contributed by atoms with van der Waals surface area (Å²) in [5.41, 5.74) is -0.249. The van der Waals surface area contributed by atoms with Gasteiger partial charge in [-0.1, -0.05) is 18.2 Å². The molecule has 1 fully saturated rings. The summed E-state index contributed by atoms with van der Waals surface area (Å²) in [6, 6.07) is 6.58. The van der Waals surface area contributed by atoms with Gasteiger partial charge >= 0.3 is 6.61 Å². The fraction of sp³-hybridized carbons (Fsp3) is 0.500. The predicted molar refractivity (Wildman–Crippen MR) is 59.2 cm³/mol. The Kier molecular flexibility index (Phi) is 3.59. The molecule has 0 saturated carbocycles. The Hall–Kier alpha value is -1.20. The highest BCUT2D eigenvalue weighted by atomic mass is 19.3. The fourth-order valence-corrected chi connectivity index (χ4v) is 2.10. The SMILES string of the molecule is OC1(Cc2ccccc2OC(F)F)CCNC1. The van der Waals surface area contributed by atoms with Gasteiger partial charge in [0.25, 0.3) is 0 Å². The maximum atomic E-state index is 12.2. The molecule has 1 saturated heterocycles. The van der Waals surface area contributed by atoms with Crippen molar-refractivity contribution in [3.8, 4) is 5.75 Å².